The molecule has 0 aliphatic carbocycles. The number of fused-ring (bicyclic) bond motifs is 1. The Morgan fingerprint density at radius 3 is 2.26 bits per heavy atom. The fraction of sp³-hybridized carbons (Fsp3) is 0.417. The SMILES string of the molecule is CC(C)n1c(C(=O)O)cc2c(=O)n(C)c(=O)n(C)c21. The number of carbonyl (C=O) groups is 1. The van der Waals surface area contributed by atoms with Gasteiger partial charge in [-0.15, -0.1) is 0 Å². The Morgan fingerprint density at radius 1 is 1.21 bits per heavy atom. The summed E-state index contributed by atoms with van der Waals surface area (Å²) >= 11 is 0. The average molecular weight is 265 g/mol. The van der Waals surface area contributed by atoms with Gasteiger partial charge in [-0.05, 0) is 19.9 Å². The Morgan fingerprint density at radius 2 is 1.79 bits per heavy atom. The Kier molecular flexibility index (Phi) is 2.84. The largest absolute Gasteiger partial charge is 0.477 e. The number of aryl methyl sites for hydroxylation is 1. The molecule has 7 heteroatoms. The van der Waals surface area contributed by atoms with Crippen molar-refractivity contribution in [2.45, 2.75) is 19.9 Å². The van der Waals surface area contributed by atoms with Crippen LogP contribution in [0.3, 0.4) is 0 Å². The molecule has 0 aliphatic heterocycles. The first kappa shape index (κ1) is 13.1. The summed E-state index contributed by atoms with van der Waals surface area (Å²) in [5.74, 6) is -1.13. The van der Waals surface area contributed by atoms with E-state index >= 15 is 0 Å². The third-order valence-corrected chi connectivity index (χ3v) is 3.17. The van der Waals surface area contributed by atoms with Gasteiger partial charge in [0.1, 0.15) is 11.3 Å². The number of nitrogens with zero attached hydrogens (tertiary/aromatic N) is 3. The third-order valence-electron chi connectivity index (χ3n) is 3.17. The first-order valence-electron chi connectivity index (χ1n) is 5.81. The smallest absolute Gasteiger partial charge is 0.352 e. The molecule has 0 aliphatic rings. The lowest BCUT2D eigenvalue weighted by atomic mass is 10.3. The van der Waals surface area contributed by atoms with E-state index in [0.717, 1.165) is 4.57 Å². The molecule has 0 saturated carbocycles. The fourth-order valence-corrected chi connectivity index (χ4v) is 2.28. The van der Waals surface area contributed by atoms with Crippen LogP contribution in [0.4, 0.5) is 0 Å². The molecule has 0 saturated heterocycles. The Hall–Kier alpha value is -2.31. The lowest BCUT2D eigenvalue weighted by molar-refractivity contribution is 0.0684. The quantitative estimate of drug-likeness (QED) is 0.847. The molecule has 0 unspecified atom stereocenters. The van der Waals surface area contributed by atoms with Crippen LogP contribution in [0.15, 0.2) is 15.7 Å². The lowest BCUT2D eigenvalue weighted by Crippen LogP contribution is -2.37. The van der Waals surface area contributed by atoms with Crippen molar-refractivity contribution >= 4 is 17.0 Å². The number of rotatable bonds is 2. The van der Waals surface area contributed by atoms with Gasteiger partial charge in [0.2, 0.25) is 0 Å². The van der Waals surface area contributed by atoms with Crippen LogP contribution in [0.25, 0.3) is 11.0 Å². The van der Waals surface area contributed by atoms with Crippen molar-refractivity contribution in [3.05, 3.63) is 32.6 Å². The number of carboxylic acids is 1. The normalized spacial score (nSPS) is 11.4. The topological polar surface area (TPSA) is 86.2 Å². The van der Waals surface area contributed by atoms with Gasteiger partial charge >= 0.3 is 11.7 Å². The monoisotopic (exact) mass is 265 g/mol. The second kappa shape index (κ2) is 4.11. The first-order valence-corrected chi connectivity index (χ1v) is 5.81. The van der Waals surface area contributed by atoms with Gasteiger partial charge in [0.05, 0.1) is 5.39 Å². The molecule has 2 heterocycles. The number of hydrogen-bond donors (Lipinski definition) is 1. The zero-order valence-electron chi connectivity index (χ0n) is 11.2. The molecule has 0 atom stereocenters. The molecule has 0 amide bonds. The number of aromatic carboxylic acids is 1. The van der Waals surface area contributed by atoms with Crippen LogP contribution in [0.5, 0.6) is 0 Å². The van der Waals surface area contributed by atoms with Crippen molar-refractivity contribution in [2.24, 2.45) is 14.1 Å². The molecule has 0 aromatic carbocycles. The third kappa shape index (κ3) is 1.69. The molecule has 0 spiro atoms. The van der Waals surface area contributed by atoms with Gasteiger partial charge in [-0.3, -0.25) is 13.9 Å². The Balaban J connectivity index is 3.15. The van der Waals surface area contributed by atoms with E-state index in [1.54, 1.807) is 13.8 Å². The molecule has 7 nitrogen and oxygen atoms in total. The van der Waals surface area contributed by atoms with Crippen molar-refractivity contribution in [1.82, 2.24) is 13.7 Å². The van der Waals surface area contributed by atoms with Crippen molar-refractivity contribution in [3.63, 3.8) is 0 Å². The molecule has 2 aromatic rings. The van der Waals surface area contributed by atoms with Gasteiger partial charge in [0.25, 0.3) is 5.56 Å². The van der Waals surface area contributed by atoms with Gasteiger partial charge in [0, 0.05) is 20.1 Å². The minimum Gasteiger partial charge on any atom is -0.477 e. The summed E-state index contributed by atoms with van der Waals surface area (Å²) in [5, 5.41) is 9.45. The van der Waals surface area contributed by atoms with Gasteiger partial charge in [0.15, 0.2) is 0 Å². The zero-order chi connectivity index (χ0) is 14.5. The molecule has 102 valence electrons. The summed E-state index contributed by atoms with van der Waals surface area (Å²) in [6.07, 6.45) is 0. The van der Waals surface area contributed by atoms with Gasteiger partial charge < -0.3 is 9.67 Å². The first-order chi connectivity index (χ1) is 8.77. The molecule has 2 rings (SSSR count). The maximum atomic E-state index is 12.1. The van der Waals surface area contributed by atoms with Crippen molar-refractivity contribution in [3.8, 4) is 0 Å². The summed E-state index contributed by atoms with van der Waals surface area (Å²) in [5.41, 5.74) is -0.627. The van der Waals surface area contributed by atoms with Crippen LogP contribution in [-0.4, -0.2) is 24.8 Å². The van der Waals surface area contributed by atoms with E-state index in [1.807, 2.05) is 0 Å². The predicted molar refractivity (Wildman–Crippen MR) is 69.8 cm³/mol. The standard InChI is InChI=1S/C12H15N3O4/c1-6(2)15-8(11(17)18)5-7-9(15)13(3)12(19)14(4)10(7)16/h5-6H,1-4H3,(H,17,18). The van der Waals surface area contributed by atoms with Crippen LogP contribution in [0.2, 0.25) is 0 Å². The minimum atomic E-state index is -1.13. The molecule has 0 radical (unpaired) electrons. The number of carboxylic acid groups (broad SMARTS) is 1. The van der Waals surface area contributed by atoms with E-state index in [1.165, 1.54) is 29.3 Å². The van der Waals surface area contributed by atoms with Crippen LogP contribution in [0, 0.1) is 0 Å². The van der Waals surface area contributed by atoms with E-state index in [4.69, 9.17) is 0 Å². The number of aromatic nitrogens is 3. The summed E-state index contributed by atoms with van der Waals surface area (Å²) in [7, 11) is 2.89. The predicted octanol–water partition coefficient (Wildman–Crippen LogP) is 0.318. The van der Waals surface area contributed by atoms with Crippen LogP contribution < -0.4 is 11.2 Å². The maximum Gasteiger partial charge on any atom is 0.352 e. The van der Waals surface area contributed by atoms with Crippen LogP contribution in [0.1, 0.15) is 30.4 Å². The molecule has 19 heavy (non-hydrogen) atoms. The number of hydrogen-bond acceptors (Lipinski definition) is 3. The summed E-state index contributed by atoms with van der Waals surface area (Å²) in [4.78, 5) is 35.2. The van der Waals surface area contributed by atoms with Crippen LogP contribution >= 0.6 is 0 Å². The van der Waals surface area contributed by atoms with E-state index in [0.29, 0.717) is 5.65 Å². The Bertz CT molecular complexity index is 792. The van der Waals surface area contributed by atoms with Crippen LogP contribution in [-0.2, 0) is 14.1 Å². The molecular formula is C12H15N3O4. The zero-order valence-corrected chi connectivity index (χ0v) is 11.2. The highest BCUT2D eigenvalue weighted by Crippen LogP contribution is 2.20. The second-order valence-electron chi connectivity index (χ2n) is 4.74. The summed E-state index contributed by atoms with van der Waals surface area (Å²) in [6.45, 7) is 3.60. The molecule has 1 N–H and O–H groups in total. The van der Waals surface area contributed by atoms with E-state index < -0.39 is 17.2 Å². The Labute approximate surface area is 108 Å². The fourth-order valence-electron chi connectivity index (χ4n) is 2.28. The van der Waals surface area contributed by atoms with Crippen molar-refractivity contribution < 1.29 is 9.90 Å². The minimum absolute atomic E-state index is 0.00306. The highest BCUT2D eigenvalue weighted by Gasteiger charge is 2.21. The van der Waals surface area contributed by atoms with Gasteiger partial charge in [-0.2, -0.15) is 0 Å². The van der Waals surface area contributed by atoms with E-state index in [9.17, 15) is 19.5 Å². The highest BCUT2D eigenvalue weighted by molar-refractivity contribution is 5.93. The molecule has 2 aromatic heterocycles. The maximum absolute atomic E-state index is 12.1. The average Bonchev–Trinajstić information content (AvgIpc) is 2.74. The van der Waals surface area contributed by atoms with E-state index in [2.05, 4.69) is 0 Å². The van der Waals surface area contributed by atoms with Gasteiger partial charge in [-0.1, -0.05) is 0 Å². The second-order valence-corrected chi connectivity index (χ2v) is 4.74. The molecule has 0 bridgehead atoms. The summed E-state index contributed by atoms with van der Waals surface area (Å²) < 4.78 is 3.75. The van der Waals surface area contributed by atoms with E-state index in [-0.39, 0.29) is 17.1 Å². The van der Waals surface area contributed by atoms with Crippen molar-refractivity contribution in [1.29, 1.82) is 0 Å². The molecular weight excluding hydrogens is 250 g/mol. The van der Waals surface area contributed by atoms with Crippen molar-refractivity contribution in [2.75, 3.05) is 0 Å². The summed E-state index contributed by atoms with van der Waals surface area (Å²) in [6, 6.07) is 1.14. The lowest BCUT2D eigenvalue weighted by Gasteiger charge is -2.14. The molecule has 0 fully saturated rings. The van der Waals surface area contributed by atoms with Gasteiger partial charge in [-0.25, -0.2) is 9.59 Å². The highest BCUT2D eigenvalue weighted by atomic mass is 16.4.